The second-order valence-corrected chi connectivity index (χ2v) is 9.55. The van der Waals surface area contributed by atoms with Crippen molar-refractivity contribution in [3.8, 4) is 0 Å². The first-order valence-electron chi connectivity index (χ1n) is 8.66. The van der Waals surface area contributed by atoms with Crippen molar-refractivity contribution in [3.63, 3.8) is 0 Å². The van der Waals surface area contributed by atoms with Gasteiger partial charge in [-0.25, -0.2) is 12.8 Å². The van der Waals surface area contributed by atoms with Crippen LogP contribution in [0, 0.1) is 5.82 Å². The number of benzene rings is 2. The first kappa shape index (κ1) is 18.8. The second-order valence-electron chi connectivity index (χ2n) is 6.44. The molecule has 1 amide bonds. The van der Waals surface area contributed by atoms with Gasteiger partial charge < -0.3 is 5.32 Å². The Labute approximate surface area is 166 Å². The number of rotatable bonds is 4. The quantitative estimate of drug-likeness (QED) is 0.702. The van der Waals surface area contributed by atoms with Gasteiger partial charge in [0.1, 0.15) is 10.0 Å². The number of amides is 1. The van der Waals surface area contributed by atoms with Crippen LogP contribution in [0.4, 0.5) is 10.1 Å². The smallest absolute Gasteiger partial charge is 0.258 e. The zero-order valence-electron chi connectivity index (χ0n) is 14.8. The van der Waals surface area contributed by atoms with Gasteiger partial charge in [0.05, 0.1) is 5.56 Å². The highest BCUT2D eigenvalue weighted by Crippen LogP contribution is 2.29. The lowest BCUT2D eigenvalue weighted by Crippen LogP contribution is -2.35. The fourth-order valence-electron chi connectivity index (χ4n) is 3.20. The van der Waals surface area contributed by atoms with Crippen molar-refractivity contribution in [2.24, 2.45) is 0 Å². The number of hydrogen-bond donors (Lipinski definition) is 1. The highest BCUT2D eigenvalue weighted by molar-refractivity contribution is 7.91. The molecule has 1 aliphatic rings. The van der Waals surface area contributed by atoms with Gasteiger partial charge in [-0.15, -0.1) is 11.3 Å². The molecule has 5 nitrogen and oxygen atoms in total. The number of carbonyl (C=O) groups excluding carboxylic acids is 1. The average molecular weight is 416 g/mol. The third-order valence-corrected chi connectivity index (χ3v) is 7.87. The SMILES string of the molecule is O=C(Nc1ccc2c(c1)CN(S(=O)(=O)c1cccs1)CC2)c1ccccc1F. The van der Waals surface area contributed by atoms with E-state index in [-0.39, 0.29) is 12.1 Å². The van der Waals surface area contributed by atoms with E-state index >= 15 is 0 Å². The number of fused-ring (bicyclic) bond motifs is 1. The predicted octanol–water partition coefficient (Wildman–Crippen LogP) is 3.89. The summed E-state index contributed by atoms with van der Waals surface area (Å²) in [6.45, 7) is 0.646. The van der Waals surface area contributed by atoms with E-state index in [1.165, 1.54) is 33.8 Å². The summed E-state index contributed by atoms with van der Waals surface area (Å²) in [6, 6.07) is 14.5. The van der Waals surface area contributed by atoms with Crippen LogP contribution in [0.1, 0.15) is 21.5 Å². The Morgan fingerprint density at radius 1 is 1.07 bits per heavy atom. The van der Waals surface area contributed by atoms with Crippen LogP contribution in [0.3, 0.4) is 0 Å². The highest BCUT2D eigenvalue weighted by atomic mass is 32.2. The minimum absolute atomic E-state index is 0.0397. The Balaban J connectivity index is 1.56. The number of thiophene rings is 1. The molecule has 0 saturated carbocycles. The Bertz CT molecular complexity index is 1130. The molecule has 144 valence electrons. The molecule has 0 spiro atoms. The van der Waals surface area contributed by atoms with Gasteiger partial charge in [0.25, 0.3) is 15.9 Å². The number of anilines is 1. The molecule has 0 saturated heterocycles. The standard InChI is InChI=1S/C20H17FN2O3S2/c21-18-5-2-1-4-17(18)20(24)22-16-8-7-14-9-10-23(13-15(14)12-16)28(25,26)19-6-3-11-27-19/h1-8,11-12H,9-10,13H2,(H,22,24). The van der Waals surface area contributed by atoms with Crippen LogP contribution in [0.2, 0.25) is 0 Å². The Hall–Kier alpha value is -2.55. The summed E-state index contributed by atoms with van der Waals surface area (Å²) in [7, 11) is -3.53. The minimum Gasteiger partial charge on any atom is -0.322 e. The van der Waals surface area contributed by atoms with Crippen LogP contribution in [-0.4, -0.2) is 25.2 Å². The van der Waals surface area contributed by atoms with Gasteiger partial charge >= 0.3 is 0 Å². The average Bonchev–Trinajstić information content (AvgIpc) is 3.23. The van der Waals surface area contributed by atoms with Crippen LogP contribution in [0.15, 0.2) is 64.2 Å². The normalized spacial score (nSPS) is 14.5. The van der Waals surface area contributed by atoms with E-state index in [1.807, 2.05) is 6.07 Å². The van der Waals surface area contributed by atoms with E-state index in [4.69, 9.17) is 0 Å². The minimum atomic E-state index is -3.53. The molecule has 0 atom stereocenters. The molecule has 3 aromatic rings. The summed E-state index contributed by atoms with van der Waals surface area (Å²) >= 11 is 1.19. The predicted molar refractivity (Wildman–Crippen MR) is 106 cm³/mol. The molecule has 0 bridgehead atoms. The first-order chi connectivity index (χ1) is 13.4. The number of nitrogens with zero attached hydrogens (tertiary/aromatic N) is 1. The van der Waals surface area contributed by atoms with Gasteiger partial charge in [0.15, 0.2) is 0 Å². The maximum absolute atomic E-state index is 13.8. The molecule has 0 aliphatic carbocycles. The third-order valence-electron chi connectivity index (χ3n) is 4.65. The van der Waals surface area contributed by atoms with Gasteiger partial charge in [0, 0.05) is 18.8 Å². The van der Waals surface area contributed by atoms with Crippen molar-refractivity contribution in [1.29, 1.82) is 0 Å². The molecule has 28 heavy (non-hydrogen) atoms. The van der Waals surface area contributed by atoms with Gasteiger partial charge in [0.2, 0.25) is 0 Å². The molecule has 4 rings (SSSR count). The Kier molecular flexibility index (Phi) is 5.01. The van der Waals surface area contributed by atoms with Gasteiger partial charge in [-0.05, 0) is 53.3 Å². The number of halogens is 1. The summed E-state index contributed by atoms with van der Waals surface area (Å²) in [5, 5.41) is 4.42. The number of carbonyl (C=O) groups is 1. The van der Waals surface area contributed by atoms with E-state index < -0.39 is 21.7 Å². The van der Waals surface area contributed by atoms with E-state index in [1.54, 1.807) is 35.7 Å². The molecule has 0 radical (unpaired) electrons. The van der Waals surface area contributed by atoms with Crippen molar-refractivity contribution < 1.29 is 17.6 Å². The largest absolute Gasteiger partial charge is 0.322 e. The first-order valence-corrected chi connectivity index (χ1v) is 11.0. The monoisotopic (exact) mass is 416 g/mol. The molecule has 2 heterocycles. The van der Waals surface area contributed by atoms with Crippen LogP contribution in [0.5, 0.6) is 0 Å². The summed E-state index contributed by atoms with van der Waals surface area (Å²) in [5.74, 6) is -1.14. The maximum Gasteiger partial charge on any atom is 0.258 e. The highest BCUT2D eigenvalue weighted by Gasteiger charge is 2.29. The van der Waals surface area contributed by atoms with Crippen molar-refractivity contribution in [3.05, 3.63) is 82.5 Å². The Morgan fingerprint density at radius 3 is 2.64 bits per heavy atom. The third kappa shape index (κ3) is 3.58. The lowest BCUT2D eigenvalue weighted by molar-refractivity contribution is 0.102. The van der Waals surface area contributed by atoms with E-state index in [2.05, 4.69) is 5.32 Å². The summed E-state index contributed by atoms with van der Waals surface area (Å²) in [6.07, 6.45) is 0.599. The summed E-state index contributed by atoms with van der Waals surface area (Å²) < 4.78 is 41.1. The van der Waals surface area contributed by atoms with E-state index in [9.17, 15) is 17.6 Å². The molecule has 1 N–H and O–H groups in total. The van der Waals surface area contributed by atoms with Gasteiger partial charge in [-0.2, -0.15) is 4.31 Å². The van der Waals surface area contributed by atoms with E-state index in [0.717, 1.165) is 11.1 Å². The summed E-state index contributed by atoms with van der Waals surface area (Å²) in [4.78, 5) is 12.3. The maximum atomic E-state index is 13.8. The fraction of sp³-hybridized carbons (Fsp3) is 0.150. The lowest BCUT2D eigenvalue weighted by Gasteiger charge is -2.28. The molecular formula is C20H17FN2O3S2. The van der Waals surface area contributed by atoms with Crippen LogP contribution in [-0.2, 0) is 23.0 Å². The second kappa shape index (κ2) is 7.46. The zero-order chi connectivity index (χ0) is 19.7. The van der Waals surface area contributed by atoms with Crippen LogP contribution >= 0.6 is 11.3 Å². The molecule has 8 heteroatoms. The fourth-order valence-corrected chi connectivity index (χ4v) is 5.76. The van der Waals surface area contributed by atoms with E-state index in [0.29, 0.717) is 22.9 Å². The zero-order valence-corrected chi connectivity index (χ0v) is 16.4. The Morgan fingerprint density at radius 2 is 1.89 bits per heavy atom. The van der Waals surface area contributed by atoms with Crippen molar-refractivity contribution in [2.45, 2.75) is 17.2 Å². The van der Waals surface area contributed by atoms with Crippen LogP contribution < -0.4 is 5.32 Å². The van der Waals surface area contributed by atoms with Crippen molar-refractivity contribution in [1.82, 2.24) is 4.31 Å². The molecule has 0 unspecified atom stereocenters. The number of hydrogen-bond acceptors (Lipinski definition) is 4. The van der Waals surface area contributed by atoms with Gasteiger partial charge in [-0.3, -0.25) is 4.79 Å². The van der Waals surface area contributed by atoms with Crippen LogP contribution in [0.25, 0.3) is 0 Å². The molecule has 1 aromatic heterocycles. The number of nitrogens with one attached hydrogen (secondary N) is 1. The molecular weight excluding hydrogens is 399 g/mol. The topological polar surface area (TPSA) is 66.5 Å². The molecule has 0 fully saturated rings. The van der Waals surface area contributed by atoms with Crippen molar-refractivity contribution in [2.75, 3.05) is 11.9 Å². The number of sulfonamides is 1. The summed E-state index contributed by atoms with van der Waals surface area (Å²) in [5.41, 5.74) is 2.34. The molecule has 1 aliphatic heterocycles. The van der Waals surface area contributed by atoms with Gasteiger partial charge in [-0.1, -0.05) is 24.3 Å². The molecule has 2 aromatic carbocycles. The lowest BCUT2D eigenvalue weighted by atomic mass is 10.0. The van der Waals surface area contributed by atoms with Crippen molar-refractivity contribution >= 4 is 33.0 Å².